The van der Waals surface area contributed by atoms with Crippen LogP contribution in [-0.4, -0.2) is 67.3 Å². The SMILES string of the molecule is CCOC(=O)N1CC[NH+]([C@H](C)C(=O)NC(=O)NC23CC4CC(CC(C4)C2)C3)CC1. The van der Waals surface area contributed by atoms with Crippen LogP contribution < -0.4 is 15.5 Å². The average Bonchev–Trinajstić information content (AvgIpc) is 2.66. The fourth-order valence-corrected chi connectivity index (χ4v) is 6.57. The van der Waals surface area contributed by atoms with Crippen molar-refractivity contribution in [3.8, 4) is 0 Å². The molecule has 8 nitrogen and oxygen atoms in total. The van der Waals surface area contributed by atoms with Crippen LogP contribution in [0.3, 0.4) is 0 Å². The Bertz CT molecular complexity index is 624. The third-order valence-corrected chi connectivity index (χ3v) is 7.59. The molecule has 0 spiro atoms. The number of imide groups is 1. The van der Waals surface area contributed by atoms with Gasteiger partial charge in [-0.15, -0.1) is 0 Å². The van der Waals surface area contributed by atoms with Crippen LogP contribution in [0.25, 0.3) is 0 Å². The number of amides is 4. The van der Waals surface area contributed by atoms with E-state index < -0.39 is 0 Å². The van der Waals surface area contributed by atoms with Gasteiger partial charge in [-0.3, -0.25) is 15.0 Å². The van der Waals surface area contributed by atoms with Crippen molar-refractivity contribution in [1.82, 2.24) is 15.5 Å². The Morgan fingerprint density at radius 2 is 1.62 bits per heavy atom. The fraction of sp³-hybridized carbons (Fsp3) is 0.857. The van der Waals surface area contributed by atoms with Crippen molar-refractivity contribution < 1.29 is 24.0 Å². The van der Waals surface area contributed by atoms with Gasteiger partial charge in [0.1, 0.15) is 0 Å². The molecule has 29 heavy (non-hydrogen) atoms. The summed E-state index contributed by atoms with van der Waals surface area (Å²) in [6.45, 7) is 6.47. The molecule has 4 bridgehead atoms. The zero-order chi connectivity index (χ0) is 20.6. The van der Waals surface area contributed by atoms with Crippen molar-refractivity contribution in [1.29, 1.82) is 0 Å². The summed E-state index contributed by atoms with van der Waals surface area (Å²) in [5, 5.41) is 5.79. The summed E-state index contributed by atoms with van der Waals surface area (Å²) in [6.07, 6.45) is 6.86. The lowest BCUT2D eigenvalue weighted by atomic mass is 9.53. The van der Waals surface area contributed by atoms with Crippen LogP contribution >= 0.6 is 0 Å². The number of nitrogens with one attached hydrogen (secondary N) is 3. The molecule has 1 atom stereocenters. The van der Waals surface area contributed by atoms with Crippen molar-refractivity contribution in [2.24, 2.45) is 17.8 Å². The van der Waals surface area contributed by atoms with E-state index in [9.17, 15) is 14.4 Å². The van der Waals surface area contributed by atoms with Gasteiger partial charge >= 0.3 is 12.1 Å². The minimum atomic E-state index is -0.339. The molecule has 4 amide bonds. The third kappa shape index (κ3) is 4.37. The smallest absolute Gasteiger partial charge is 0.410 e. The zero-order valence-corrected chi connectivity index (χ0v) is 17.7. The largest absolute Gasteiger partial charge is 0.450 e. The van der Waals surface area contributed by atoms with Gasteiger partial charge in [0.2, 0.25) is 0 Å². The van der Waals surface area contributed by atoms with Gasteiger partial charge in [0.05, 0.1) is 32.8 Å². The highest BCUT2D eigenvalue weighted by atomic mass is 16.6. The van der Waals surface area contributed by atoms with Gasteiger partial charge < -0.3 is 15.0 Å². The van der Waals surface area contributed by atoms with Gasteiger partial charge in [0.15, 0.2) is 6.04 Å². The summed E-state index contributed by atoms with van der Waals surface area (Å²) < 4.78 is 5.04. The van der Waals surface area contributed by atoms with E-state index in [0.717, 1.165) is 41.9 Å². The van der Waals surface area contributed by atoms with Gasteiger partial charge in [-0.2, -0.15) is 0 Å². The standard InChI is InChI=1S/C21H34N4O4/c1-3-29-20(28)25-6-4-24(5-7-25)14(2)18(26)22-19(27)23-21-11-15-8-16(12-21)10-17(9-15)13-21/h14-17H,3-13H2,1-2H3,(H2,22,23,26,27)/p+1/t14-,15?,16?,17?,21?/m1/s1. The number of hydrogen-bond acceptors (Lipinski definition) is 4. The molecule has 1 saturated heterocycles. The molecule has 3 N–H and O–H groups in total. The summed E-state index contributed by atoms with van der Waals surface area (Å²) in [7, 11) is 0. The summed E-state index contributed by atoms with van der Waals surface area (Å²) in [5.41, 5.74) is -0.0968. The number of urea groups is 1. The van der Waals surface area contributed by atoms with Gasteiger partial charge in [-0.05, 0) is 70.1 Å². The Morgan fingerprint density at radius 3 is 2.14 bits per heavy atom. The van der Waals surface area contributed by atoms with Crippen LogP contribution in [0.2, 0.25) is 0 Å². The lowest BCUT2D eigenvalue weighted by Gasteiger charge is -2.56. The van der Waals surface area contributed by atoms with Gasteiger partial charge in [-0.1, -0.05) is 0 Å². The molecule has 0 aromatic carbocycles. The van der Waals surface area contributed by atoms with Gasteiger partial charge in [-0.25, -0.2) is 9.59 Å². The maximum atomic E-state index is 12.7. The molecule has 5 fully saturated rings. The van der Waals surface area contributed by atoms with Crippen LogP contribution in [0, 0.1) is 17.8 Å². The van der Waals surface area contributed by atoms with E-state index in [4.69, 9.17) is 4.74 Å². The van der Waals surface area contributed by atoms with E-state index in [2.05, 4.69) is 10.6 Å². The van der Waals surface area contributed by atoms with Crippen LogP contribution in [0.1, 0.15) is 52.4 Å². The maximum Gasteiger partial charge on any atom is 0.410 e. The molecule has 5 rings (SSSR count). The minimum absolute atomic E-state index is 0.0968. The number of rotatable bonds is 4. The predicted octanol–water partition coefficient (Wildman–Crippen LogP) is 0.527. The monoisotopic (exact) mass is 407 g/mol. The van der Waals surface area contributed by atoms with Gasteiger partial charge in [0, 0.05) is 5.54 Å². The van der Waals surface area contributed by atoms with E-state index in [0.29, 0.717) is 32.8 Å². The first-order valence-corrected chi connectivity index (χ1v) is 11.3. The average molecular weight is 408 g/mol. The molecule has 8 heteroatoms. The molecule has 1 aliphatic heterocycles. The lowest BCUT2D eigenvalue weighted by Crippen LogP contribution is -3.19. The Morgan fingerprint density at radius 1 is 1.07 bits per heavy atom. The molecule has 0 unspecified atom stereocenters. The highest BCUT2D eigenvalue weighted by Crippen LogP contribution is 2.55. The Hall–Kier alpha value is -1.83. The second-order valence-corrected chi connectivity index (χ2v) is 9.71. The van der Waals surface area contributed by atoms with Gasteiger partial charge in [0.25, 0.3) is 5.91 Å². The predicted molar refractivity (Wildman–Crippen MR) is 106 cm³/mol. The molecule has 162 valence electrons. The van der Waals surface area contributed by atoms with E-state index in [1.807, 2.05) is 6.92 Å². The second-order valence-electron chi connectivity index (χ2n) is 9.71. The normalized spacial score (nSPS) is 34.6. The van der Waals surface area contributed by atoms with Crippen molar-refractivity contribution in [3.05, 3.63) is 0 Å². The van der Waals surface area contributed by atoms with Crippen molar-refractivity contribution in [2.45, 2.75) is 64.0 Å². The van der Waals surface area contributed by atoms with Crippen molar-refractivity contribution in [3.63, 3.8) is 0 Å². The summed E-state index contributed by atoms with van der Waals surface area (Å²) in [5.74, 6) is 2.00. The van der Waals surface area contributed by atoms with E-state index >= 15 is 0 Å². The molecule has 0 radical (unpaired) electrons. The highest BCUT2D eigenvalue weighted by Gasteiger charge is 2.51. The number of carbonyl (C=O) groups is 3. The Kier molecular flexibility index (Phi) is 5.73. The molecule has 4 saturated carbocycles. The molecule has 0 aromatic rings. The highest BCUT2D eigenvalue weighted by molar-refractivity contribution is 5.96. The Labute approximate surface area is 172 Å². The molecular formula is C21H35N4O4+. The topological polar surface area (TPSA) is 92.2 Å². The number of piperazine rings is 1. The van der Waals surface area contributed by atoms with E-state index in [-0.39, 0.29) is 29.6 Å². The number of hydrogen-bond donors (Lipinski definition) is 3. The third-order valence-electron chi connectivity index (χ3n) is 7.59. The van der Waals surface area contributed by atoms with Crippen LogP contribution in [-0.2, 0) is 9.53 Å². The number of nitrogens with zero attached hydrogens (tertiary/aromatic N) is 1. The molecular weight excluding hydrogens is 372 g/mol. The molecule has 0 aromatic heterocycles. The fourth-order valence-electron chi connectivity index (χ4n) is 6.57. The molecule has 4 aliphatic carbocycles. The first kappa shape index (κ1) is 20.4. The summed E-state index contributed by atoms with van der Waals surface area (Å²) in [6, 6.07) is -0.671. The second kappa shape index (κ2) is 8.13. The quantitative estimate of drug-likeness (QED) is 0.634. The van der Waals surface area contributed by atoms with Crippen LogP contribution in [0.15, 0.2) is 0 Å². The molecule has 1 heterocycles. The van der Waals surface area contributed by atoms with Crippen molar-refractivity contribution >= 4 is 18.0 Å². The maximum absolute atomic E-state index is 12.7. The van der Waals surface area contributed by atoms with Crippen molar-refractivity contribution in [2.75, 3.05) is 32.8 Å². The number of quaternary nitrogens is 1. The Balaban J connectivity index is 1.25. The van der Waals surface area contributed by atoms with Crippen LogP contribution in [0.4, 0.5) is 9.59 Å². The first-order chi connectivity index (χ1) is 13.9. The van der Waals surface area contributed by atoms with Crippen LogP contribution in [0.5, 0.6) is 0 Å². The number of carbonyl (C=O) groups excluding carboxylic acids is 3. The lowest BCUT2D eigenvalue weighted by molar-refractivity contribution is -0.917. The molecule has 5 aliphatic rings. The van der Waals surface area contributed by atoms with E-state index in [1.54, 1.807) is 11.8 Å². The van der Waals surface area contributed by atoms with E-state index in [1.165, 1.54) is 19.3 Å². The number of ether oxygens (including phenoxy) is 1. The summed E-state index contributed by atoms with van der Waals surface area (Å²) in [4.78, 5) is 39.9. The zero-order valence-electron chi connectivity index (χ0n) is 17.7. The summed E-state index contributed by atoms with van der Waals surface area (Å²) >= 11 is 0. The first-order valence-electron chi connectivity index (χ1n) is 11.3. The minimum Gasteiger partial charge on any atom is -0.450 e.